The van der Waals surface area contributed by atoms with Crippen molar-refractivity contribution in [2.24, 2.45) is 0 Å². The van der Waals surface area contributed by atoms with Crippen molar-refractivity contribution < 1.29 is 0 Å². The zero-order valence-electron chi connectivity index (χ0n) is 10.4. The van der Waals surface area contributed by atoms with E-state index in [2.05, 4.69) is 51.3 Å². The molecular weight excluding hydrogens is 180 g/mol. The smallest absolute Gasteiger partial charge is 0.0233 e. The van der Waals surface area contributed by atoms with Crippen LogP contribution in [0.2, 0.25) is 0 Å². The summed E-state index contributed by atoms with van der Waals surface area (Å²) in [6.07, 6.45) is 1.11. The molecule has 0 aliphatic carbocycles. The Morgan fingerprint density at radius 1 is 1.07 bits per heavy atom. The average molecular weight is 202 g/mol. The average Bonchev–Trinajstić information content (AvgIpc) is 2.19. The van der Waals surface area contributed by atoms with E-state index in [1.165, 1.54) is 16.7 Å². The van der Waals surface area contributed by atoms with Crippen molar-refractivity contribution in [2.75, 3.05) is 0 Å². The molecule has 0 atom stereocenters. The quantitative estimate of drug-likeness (QED) is 0.592. The maximum Gasteiger partial charge on any atom is -0.0233 e. The van der Waals surface area contributed by atoms with Gasteiger partial charge in [-0.1, -0.05) is 54.5 Å². The summed E-state index contributed by atoms with van der Waals surface area (Å²) in [4.78, 5) is 0. The van der Waals surface area contributed by atoms with E-state index in [1.807, 2.05) is 13.8 Å². The molecule has 0 fully saturated rings. The molecule has 15 heavy (non-hydrogen) atoms. The second-order valence-corrected chi connectivity index (χ2v) is 3.96. The molecule has 0 radical (unpaired) electrons. The van der Waals surface area contributed by atoms with Crippen LogP contribution in [0.25, 0.3) is 5.57 Å². The Kier molecular flexibility index (Phi) is 6.44. The van der Waals surface area contributed by atoms with Gasteiger partial charge in [-0.05, 0) is 32.8 Å². The van der Waals surface area contributed by atoms with Crippen LogP contribution in [0.1, 0.15) is 38.3 Å². The van der Waals surface area contributed by atoms with E-state index in [-0.39, 0.29) is 0 Å². The molecule has 0 nitrogen and oxygen atoms in total. The summed E-state index contributed by atoms with van der Waals surface area (Å²) in [6.45, 7) is 15.8. The van der Waals surface area contributed by atoms with Gasteiger partial charge in [-0.25, -0.2) is 0 Å². The molecule has 0 unspecified atom stereocenters. The maximum absolute atomic E-state index is 3.86. The molecule has 0 saturated heterocycles. The van der Waals surface area contributed by atoms with E-state index in [1.54, 1.807) is 0 Å². The van der Waals surface area contributed by atoms with Crippen LogP contribution in [-0.4, -0.2) is 0 Å². The zero-order chi connectivity index (χ0) is 11.8. The van der Waals surface area contributed by atoms with Gasteiger partial charge in [0.15, 0.2) is 0 Å². The van der Waals surface area contributed by atoms with E-state index in [4.69, 9.17) is 0 Å². The molecular formula is C15H22. The minimum Gasteiger partial charge on any atom is -0.100 e. The van der Waals surface area contributed by atoms with Gasteiger partial charge in [0.2, 0.25) is 0 Å². The van der Waals surface area contributed by atoms with Crippen molar-refractivity contribution in [3.63, 3.8) is 0 Å². The van der Waals surface area contributed by atoms with Crippen LogP contribution in [0, 0.1) is 6.92 Å². The minimum absolute atomic E-state index is 1.11. The second kappa shape index (κ2) is 7.05. The topological polar surface area (TPSA) is 0 Å². The Bertz CT molecular complexity index is 314. The Labute approximate surface area is 94.3 Å². The van der Waals surface area contributed by atoms with E-state index in [0.717, 1.165) is 12.0 Å². The van der Waals surface area contributed by atoms with Crippen LogP contribution in [-0.2, 0) is 0 Å². The van der Waals surface area contributed by atoms with Crippen LogP contribution in [0.5, 0.6) is 0 Å². The standard InChI is InChI=1S/C10H12.C5H10/c1-8(2)10-6-4-9(3)5-7-10;1-4-5(2)3/h4-7H,1H2,2-3H3;2,4H2,1,3H3. The van der Waals surface area contributed by atoms with Gasteiger partial charge in [-0.3, -0.25) is 0 Å². The number of benzene rings is 1. The summed E-state index contributed by atoms with van der Waals surface area (Å²) in [7, 11) is 0. The van der Waals surface area contributed by atoms with Gasteiger partial charge in [0.05, 0.1) is 0 Å². The highest BCUT2D eigenvalue weighted by Gasteiger charge is 1.89. The van der Waals surface area contributed by atoms with Gasteiger partial charge in [0.1, 0.15) is 0 Å². The van der Waals surface area contributed by atoms with E-state index in [9.17, 15) is 0 Å². The molecule has 0 bridgehead atoms. The normalized spacial score (nSPS) is 8.80. The number of hydrogen-bond donors (Lipinski definition) is 0. The van der Waals surface area contributed by atoms with Gasteiger partial charge in [-0.2, -0.15) is 0 Å². The summed E-state index contributed by atoms with van der Waals surface area (Å²) >= 11 is 0. The number of aryl methyl sites for hydroxylation is 1. The van der Waals surface area contributed by atoms with Gasteiger partial charge in [0.25, 0.3) is 0 Å². The summed E-state index contributed by atoms with van der Waals surface area (Å²) in [5.41, 5.74) is 4.90. The molecule has 1 aromatic carbocycles. The van der Waals surface area contributed by atoms with Crippen molar-refractivity contribution in [2.45, 2.75) is 34.1 Å². The predicted molar refractivity (Wildman–Crippen MR) is 71.0 cm³/mol. The molecule has 82 valence electrons. The van der Waals surface area contributed by atoms with Crippen molar-refractivity contribution in [3.8, 4) is 0 Å². The fourth-order valence-electron chi connectivity index (χ4n) is 0.838. The second-order valence-electron chi connectivity index (χ2n) is 3.96. The fourth-order valence-corrected chi connectivity index (χ4v) is 0.838. The largest absolute Gasteiger partial charge is 0.100 e. The lowest BCUT2D eigenvalue weighted by Crippen LogP contribution is -1.76. The number of rotatable bonds is 2. The maximum atomic E-state index is 3.86. The lowest BCUT2D eigenvalue weighted by molar-refractivity contribution is 1.11. The third-order valence-corrected chi connectivity index (χ3v) is 2.15. The van der Waals surface area contributed by atoms with Crippen molar-refractivity contribution in [1.82, 2.24) is 0 Å². The van der Waals surface area contributed by atoms with Crippen molar-refractivity contribution >= 4 is 5.57 Å². The summed E-state index contributed by atoms with van der Waals surface area (Å²) in [5.74, 6) is 0. The van der Waals surface area contributed by atoms with E-state index < -0.39 is 0 Å². The van der Waals surface area contributed by atoms with Crippen LogP contribution < -0.4 is 0 Å². The molecule has 0 aliphatic rings. The first kappa shape index (κ1) is 13.7. The monoisotopic (exact) mass is 202 g/mol. The molecule has 0 heterocycles. The molecule has 0 N–H and O–H groups in total. The molecule has 0 heteroatoms. The van der Waals surface area contributed by atoms with Crippen LogP contribution in [0.15, 0.2) is 43.0 Å². The molecule has 0 saturated carbocycles. The Morgan fingerprint density at radius 3 is 1.73 bits per heavy atom. The van der Waals surface area contributed by atoms with Crippen molar-refractivity contribution in [1.29, 1.82) is 0 Å². The van der Waals surface area contributed by atoms with E-state index in [0.29, 0.717) is 0 Å². The molecule has 1 aromatic rings. The van der Waals surface area contributed by atoms with Crippen molar-refractivity contribution in [3.05, 3.63) is 54.1 Å². The molecule has 0 spiro atoms. The first-order valence-corrected chi connectivity index (χ1v) is 5.34. The third-order valence-electron chi connectivity index (χ3n) is 2.15. The van der Waals surface area contributed by atoms with Gasteiger partial charge in [-0.15, -0.1) is 6.58 Å². The molecule has 0 aliphatic heterocycles. The SMILES string of the molecule is C=C(C)CC.C=C(C)c1ccc(C)cc1. The summed E-state index contributed by atoms with van der Waals surface area (Å²) in [5, 5.41) is 0. The van der Waals surface area contributed by atoms with Crippen LogP contribution in [0.4, 0.5) is 0 Å². The highest BCUT2D eigenvalue weighted by molar-refractivity contribution is 5.61. The molecule has 1 rings (SSSR count). The minimum atomic E-state index is 1.11. The van der Waals surface area contributed by atoms with Crippen LogP contribution in [0.3, 0.4) is 0 Å². The lowest BCUT2D eigenvalue weighted by atomic mass is 10.1. The summed E-state index contributed by atoms with van der Waals surface area (Å²) < 4.78 is 0. The van der Waals surface area contributed by atoms with Gasteiger partial charge in [0, 0.05) is 0 Å². The zero-order valence-corrected chi connectivity index (χ0v) is 10.4. The molecule has 0 aromatic heterocycles. The summed E-state index contributed by atoms with van der Waals surface area (Å²) in [6, 6.07) is 8.39. The van der Waals surface area contributed by atoms with Gasteiger partial charge < -0.3 is 0 Å². The highest BCUT2D eigenvalue weighted by atomic mass is 13.9. The molecule has 0 amide bonds. The Balaban J connectivity index is 0.000000336. The van der Waals surface area contributed by atoms with Crippen LogP contribution >= 0.6 is 0 Å². The number of hydrogen-bond acceptors (Lipinski definition) is 0. The Morgan fingerprint density at radius 2 is 1.47 bits per heavy atom. The first-order chi connectivity index (χ1) is 6.97. The van der Waals surface area contributed by atoms with E-state index >= 15 is 0 Å². The first-order valence-electron chi connectivity index (χ1n) is 5.34. The lowest BCUT2D eigenvalue weighted by Gasteiger charge is -1.98. The Hall–Kier alpha value is -1.30. The predicted octanol–water partition coefficient (Wildman–Crippen LogP) is 5.00. The number of allylic oxidation sites excluding steroid dienone is 2. The highest BCUT2D eigenvalue weighted by Crippen LogP contribution is 2.11. The van der Waals surface area contributed by atoms with Gasteiger partial charge >= 0.3 is 0 Å². The third kappa shape index (κ3) is 6.73. The fraction of sp³-hybridized carbons (Fsp3) is 0.333.